The van der Waals surface area contributed by atoms with Gasteiger partial charge in [-0.3, -0.25) is 13.9 Å². The van der Waals surface area contributed by atoms with Crippen LogP contribution in [0.4, 0.5) is 5.69 Å². The molecule has 1 N–H and O–H groups in total. The number of nitrogens with one attached hydrogen (secondary N) is 1. The first-order valence-corrected chi connectivity index (χ1v) is 13.8. The van der Waals surface area contributed by atoms with Crippen molar-refractivity contribution in [3.63, 3.8) is 0 Å². The highest BCUT2D eigenvalue weighted by molar-refractivity contribution is 7.92. The molecule has 2 amide bonds. The summed E-state index contributed by atoms with van der Waals surface area (Å²) in [6, 6.07) is 13.3. The first-order chi connectivity index (χ1) is 17.1. The molecule has 0 aromatic heterocycles. The molecule has 2 aromatic rings. The van der Waals surface area contributed by atoms with E-state index >= 15 is 0 Å². The predicted molar refractivity (Wildman–Crippen MR) is 139 cm³/mol. The average Bonchev–Trinajstić information content (AvgIpc) is 3.37. The van der Waals surface area contributed by atoms with Crippen LogP contribution in [-0.2, 0) is 26.2 Å². The molecule has 1 aliphatic carbocycles. The molecule has 1 saturated carbocycles. The Balaban J connectivity index is 1.92. The van der Waals surface area contributed by atoms with Crippen molar-refractivity contribution in [2.45, 2.75) is 51.2 Å². The fourth-order valence-corrected chi connectivity index (χ4v) is 5.19. The molecule has 1 unspecified atom stereocenters. The average molecular weight is 518 g/mol. The number of ether oxygens (including phenoxy) is 2. The third-order valence-corrected chi connectivity index (χ3v) is 7.52. The van der Waals surface area contributed by atoms with E-state index in [0.717, 1.165) is 41.8 Å². The Morgan fingerprint density at radius 1 is 1.06 bits per heavy atom. The van der Waals surface area contributed by atoms with Gasteiger partial charge in [0.2, 0.25) is 21.8 Å². The Morgan fingerprint density at radius 3 is 2.31 bits per heavy atom. The number of carbonyl (C=O) groups is 2. The minimum atomic E-state index is -3.89. The number of carbonyl (C=O) groups excluding carboxylic acids is 2. The third kappa shape index (κ3) is 6.90. The molecule has 1 fully saturated rings. The van der Waals surface area contributed by atoms with Crippen molar-refractivity contribution in [2.24, 2.45) is 0 Å². The summed E-state index contributed by atoms with van der Waals surface area (Å²) in [5.74, 6) is -0.0766. The van der Waals surface area contributed by atoms with E-state index < -0.39 is 28.5 Å². The van der Waals surface area contributed by atoms with Crippen molar-refractivity contribution in [3.05, 3.63) is 54.1 Å². The highest BCUT2D eigenvalue weighted by atomic mass is 32.2. The van der Waals surface area contributed by atoms with E-state index in [1.54, 1.807) is 19.1 Å². The van der Waals surface area contributed by atoms with Gasteiger partial charge in [0.05, 0.1) is 26.2 Å². The molecular weight excluding hydrogens is 482 g/mol. The number of hydrogen-bond acceptors (Lipinski definition) is 6. The monoisotopic (exact) mass is 517 g/mol. The summed E-state index contributed by atoms with van der Waals surface area (Å²) in [7, 11) is -1.00. The summed E-state index contributed by atoms with van der Waals surface area (Å²) in [6.45, 7) is 1.32. The summed E-state index contributed by atoms with van der Waals surface area (Å²) in [6.07, 6.45) is 5.00. The predicted octanol–water partition coefficient (Wildman–Crippen LogP) is 2.95. The summed E-state index contributed by atoms with van der Waals surface area (Å²) in [5.41, 5.74) is 1.01. The van der Waals surface area contributed by atoms with Crippen molar-refractivity contribution in [1.29, 1.82) is 0 Å². The lowest BCUT2D eigenvalue weighted by atomic mass is 10.1. The standard InChI is InChI=1S/C26H35N3O6S/c1-19(26(31)27-21-12-8-9-13-21)28(17-20-10-6-5-7-11-20)25(30)18-29(36(4,32)33)23-16-22(34-2)14-15-24(23)35-3/h5-7,10-11,14-16,19,21H,8-9,12-13,17-18H2,1-4H3,(H,27,31). The van der Waals surface area contributed by atoms with Gasteiger partial charge in [-0.1, -0.05) is 43.2 Å². The molecule has 0 heterocycles. The van der Waals surface area contributed by atoms with Gasteiger partial charge in [-0.2, -0.15) is 0 Å². The van der Waals surface area contributed by atoms with Crippen LogP contribution in [0.1, 0.15) is 38.2 Å². The molecule has 0 bridgehead atoms. The van der Waals surface area contributed by atoms with Gasteiger partial charge in [0.25, 0.3) is 0 Å². The maximum absolute atomic E-state index is 13.7. The maximum atomic E-state index is 13.7. The van der Waals surface area contributed by atoms with Gasteiger partial charge in [0, 0.05) is 18.7 Å². The number of benzene rings is 2. The zero-order valence-corrected chi connectivity index (χ0v) is 22.1. The molecular formula is C26H35N3O6S. The lowest BCUT2D eigenvalue weighted by Gasteiger charge is -2.32. The van der Waals surface area contributed by atoms with Crippen molar-refractivity contribution >= 4 is 27.5 Å². The molecule has 0 saturated heterocycles. The van der Waals surface area contributed by atoms with Crippen LogP contribution >= 0.6 is 0 Å². The lowest BCUT2D eigenvalue weighted by Crippen LogP contribution is -2.52. The third-order valence-electron chi connectivity index (χ3n) is 6.40. The zero-order valence-electron chi connectivity index (χ0n) is 21.3. The summed E-state index contributed by atoms with van der Waals surface area (Å²) < 4.78 is 37.3. The molecule has 1 atom stereocenters. The Hall–Kier alpha value is -3.27. The van der Waals surface area contributed by atoms with Crippen LogP contribution in [0.2, 0.25) is 0 Å². The van der Waals surface area contributed by atoms with Gasteiger partial charge in [0.15, 0.2) is 0 Å². The number of amides is 2. The summed E-state index contributed by atoms with van der Waals surface area (Å²) in [5, 5.41) is 3.05. The van der Waals surface area contributed by atoms with E-state index in [9.17, 15) is 18.0 Å². The van der Waals surface area contributed by atoms with E-state index in [2.05, 4.69) is 5.32 Å². The lowest BCUT2D eigenvalue weighted by molar-refractivity contribution is -0.139. The molecule has 10 heteroatoms. The summed E-state index contributed by atoms with van der Waals surface area (Å²) >= 11 is 0. The normalized spacial score (nSPS) is 14.7. The van der Waals surface area contributed by atoms with E-state index in [1.165, 1.54) is 25.2 Å². The van der Waals surface area contributed by atoms with Gasteiger partial charge in [-0.25, -0.2) is 8.42 Å². The van der Waals surface area contributed by atoms with E-state index in [1.807, 2.05) is 30.3 Å². The second-order valence-electron chi connectivity index (χ2n) is 8.98. The number of methoxy groups -OCH3 is 2. The van der Waals surface area contributed by atoms with Crippen LogP contribution in [0.5, 0.6) is 11.5 Å². The maximum Gasteiger partial charge on any atom is 0.244 e. The second-order valence-corrected chi connectivity index (χ2v) is 10.9. The molecule has 36 heavy (non-hydrogen) atoms. The SMILES string of the molecule is COc1ccc(OC)c(N(CC(=O)N(Cc2ccccc2)C(C)C(=O)NC2CCCC2)S(C)(=O)=O)c1. The fourth-order valence-electron chi connectivity index (χ4n) is 4.34. The van der Waals surface area contributed by atoms with Crippen LogP contribution < -0.4 is 19.1 Å². The molecule has 9 nitrogen and oxygen atoms in total. The molecule has 0 aliphatic heterocycles. The molecule has 196 valence electrons. The number of nitrogens with zero attached hydrogens (tertiary/aromatic N) is 2. The molecule has 3 rings (SSSR count). The Bertz CT molecular complexity index is 1150. The van der Waals surface area contributed by atoms with Gasteiger partial charge < -0.3 is 19.7 Å². The van der Waals surface area contributed by atoms with Gasteiger partial charge >= 0.3 is 0 Å². The van der Waals surface area contributed by atoms with Gasteiger partial charge in [-0.15, -0.1) is 0 Å². The highest BCUT2D eigenvalue weighted by Crippen LogP contribution is 2.34. The van der Waals surface area contributed by atoms with Crippen molar-refractivity contribution in [1.82, 2.24) is 10.2 Å². The fraction of sp³-hybridized carbons (Fsp3) is 0.462. The number of anilines is 1. The van der Waals surface area contributed by atoms with Crippen LogP contribution in [0.25, 0.3) is 0 Å². The largest absolute Gasteiger partial charge is 0.497 e. The zero-order chi connectivity index (χ0) is 26.3. The van der Waals surface area contributed by atoms with Crippen molar-refractivity contribution in [3.8, 4) is 11.5 Å². The number of rotatable bonds is 11. The minimum Gasteiger partial charge on any atom is -0.497 e. The van der Waals surface area contributed by atoms with Crippen LogP contribution in [-0.4, -0.2) is 64.2 Å². The minimum absolute atomic E-state index is 0.0993. The number of hydrogen-bond donors (Lipinski definition) is 1. The van der Waals surface area contributed by atoms with Crippen molar-refractivity contribution < 1.29 is 27.5 Å². The molecule has 1 aliphatic rings. The second kappa shape index (κ2) is 12.1. The topological polar surface area (TPSA) is 105 Å². The highest BCUT2D eigenvalue weighted by Gasteiger charge is 2.32. The van der Waals surface area contributed by atoms with Crippen LogP contribution in [0, 0.1) is 0 Å². The molecule has 0 spiro atoms. The van der Waals surface area contributed by atoms with Gasteiger partial charge in [-0.05, 0) is 37.5 Å². The first kappa shape index (κ1) is 27.3. The van der Waals surface area contributed by atoms with Gasteiger partial charge in [0.1, 0.15) is 24.1 Å². The Kier molecular flexibility index (Phi) is 9.19. The Morgan fingerprint density at radius 2 is 1.72 bits per heavy atom. The van der Waals surface area contributed by atoms with E-state index in [4.69, 9.17) is 9.47 Å². The smallest absolute Gasteiger partial charge is 0.244 e. The first-order valence-electron chi connectivity index (χ1n) is 12.0. The van der Waals surface area contributed by atoms with Crippen LogP contribution in [0.3, 0.4) is 0 Å². The summed E-state index contributed by atoms with van der Waals surface area (Å²) in [4.78, 5) is 28.2. The molecule has 0 radical (unpaired) electrons. The van der Waals surface area contributed by atoms with Crippen LogP contribution in [0.15, 0.2) is 48.5 Å². The Labute approximate surface area is 213 Å². The number of sulfonamides is 1. The van der Waals surface area contributed by atoms with E-state index in [-0.39, 0.29) is 29.9 Å². The van der Waals surface area contributed by atoms with Crippen molar-refractivity contribution in [2.75, 3.05) is 31.3 Å². The quantitative estimate of drug-likeness (QED) is 0.491. The molecule has 2 aromatic carbocycles. The van der Waals surface area contributed by atoms with E-state index in [0.29, 0.717) is 5.75 Å².